The largest absolute Gasteiger partial charge is 0.339 e. The van der Waals surface area contributed by atoms with Gasteiger partial charge in [0.1, 0.15) is 0 Å². The summed E-state index contributed by atoms with van der Waals surface area (Å²) >= 11 is 6.18. The smallest absolute Gasteiger partial charge is 0.255 e. The van der Waals surface area contributed by atoms with Crippen molar-refractivity contribution in [2.24, 2.45) is 0 Å². The van der Waals surface area contributed by atoms with Crippen LogP contribution in [-0.4, -0.2) is 33.5 Å². The van der Waals surface area contributed by atoms with E-state index in [9.17, 15) is 4.79 Å². The Morgan fingerprint density at radius 2 is 1.85 bits per heavy atom. The quantitative estimate of drug-likeness (QED) is 0.614. The molecule has 1 heterocycles. The van der Waals surface area contributed by atoms with Crippen LogP contribution in [0.4, 0.5) is 0 Å². The van der Waals surface area contributed by atoms with Crippen LogP contribution in [0.1, 0.15) is 35.7 Å². The van der Waals surface area contributed by atoms with Crippen LogP contribution >= 0.6 is 11.6 Å². The van der Waals surface area contributed by atoms with E-state index in [-0.39, 0.29) is 11.9 Å². The van der Waals surface area contributed by atoms with E-state index in [4.69, 9.17) is 16.1 Å². The second kappa shape index (κ2) is 8.35. The van der Waals surface area contributed by atoms with Gasteiger partial charge in [-0.05, 0) is 32.9 Å². The summed E-state index contributed by atoms with van der Waals surface area (Å²) in [4.78, 5) is 19.1. The van der Waals surface area contributed by atoms with Crippen LogP contribution in [-0.2, 0) is 6.42 Å². The summed E-state index contributed by atoms with van der Waals surface area (Å²) in [6.45, 7) is 6.44. The first-order chi connectivity index (χ1) is 13.0. The first-order valence-electron chi connectivity index (χ1n) is 8.91. The number of hydrogen-bond acceptors (Lipinski definition) is 4. The lowest BCUT2D eigenvalue weighted by Crippen LogP contribution is -2.38. The number of carbonyl (C=O) groups excluding carboxylic acids is 1. The van der Waals surface area contributed by atoms with Gasteiger partial charge in [-0.2, -0.15) is 4.98 Å². The van der Waals surface area contributed by atoms with Gasteiger partial charge in [0.25, 0.3) is 5.91 Å². The van der Waals surface area contributed by atoms with Crippen molar-refractivity contribution in [2.45, 2.75) is 33.2 Å². The van der Waals surface area contributed by atoms with Gasteiger partial charge in [0.15, 0.2) is 0 Å². The van der Waals surface area contributed by atoms with Gasteiger partial charge in [-0.1, -0.05) is 58.7 Å². The maximum atomic E-state index is 12.9. The molecule has 6 heteroatoms. The Hall–Kier alpha value is -2.66. The summed E-state index contributed by atoms with van der Waals surface area (Å²) in [5.41, 5.74) is 2.58. The molecule has 27 heavy (non-hydrogen) atoms. The standard InChI is InChI=1S/C21H22ClN3O2/c1-14(2)25(21(26)17-6-4-5-7-18(17)22)13-12-19-23-20(24-27-19)16-10-8-15(3)9-11-16/h4-11,14H,12-13H2,1-3H3. The Bertz CT molecular complexity index is 919. The molecule has 0 bridgehead atoms. The summed E-state index contributed by atoms with van der Waals surface area (Å²) in [5.74, 6) is 0.954. The fourth-order valence-electron chi connectivity index (χ4n) is 2.78. The lowest BCUT2D eigenvalue weighted by atomic mass is 10.1. The highest BCUT2D eigenvalue weighted by atomic mass is 35.5. The van der Waals surface area contributed by atoms with Gasteiger partial charge in [-0.25, -0.2) is 0 Å². The van der Waals surface area contributed by atoms with E-state index in [2.05, 4.69) is 10.1 Å². The molecule has 0 atom stereocenters. The molecule has 0 aliphatic heterocycles. The normalized spacial score (nSPS) is 11.0. The van der Waals surface area contributed by atoms with Gasteiger partial charge < -0.3 is 9.42 Å². The fourth-order valence-corrected chi connectivity index (χ4v) is 2.99. The number of nitrogens with zero attached hydrogens (tertiary/aromatic N) is 3. The Morgan fingerprint density at radius 3 is 2.52 bits per heavy atom. The SMILES string of the molecule is Cc1ccc(-c2noc(CCN(C(=O)c3ccccc3Cl)C(C)C)n2)cc1. The Kier molecular flexibility index (Phi) is 5.91. The molecule has 1 aromatic heterocycles. The van der Waals surface area contributed by atoms with E-state index in [1.165, 1.54) is 5.56 Å². The molecule has 0 unspecified atom stereocenters. The van der Waals surface area contributed by atoms with Gasteiger partial charge in [0.05, 0.1) is 10.6 Å². The molecule has 0 saturated heterocycles. The van der Waals surface area contributed by atoms with E-state index in [1.807, 2.05) is 57.2 Å². The van der Waals surface area contributed by atoms with Crippen molar-refractivity contribution >= 4 is 17.5 Å². The first-order valence-corrected chi connectivity index (χ1v) is 9.28. The highest BCUT2D eigenvalue weighted by Gasteiger charge is 2.21. The molecular formula is C21H22ClN3O2. The molecule has 0 fully saturated rings. The minimum Gasteiger partial charge on any atom is -0.339 e. The second-order valence-corrected chi connectivity index (χ2v) is 7.11. The third-order valence-corrected chi connectivity index (χ3v) is 4.66. The third kappa shape index (κ3) is 4.55. The minimum absolute atomic E-state index is 0.0215. The average molecular weight is 384 g/mol. The monoisotopic (exact) mass is 383 g/mol. The molecule has 0 radical (unpaired) electrons. The van der Waals surface area contributed by atoms with E-state index in [0.29, 0.717) is 35.3 Å². The highest BCUT2D eigenvalue weighted by Crippen LogP contribution is 2.20. The van der Waals surface area contributed by atoms with Gasteiger partial charge >= 0.3 is 0 Å². The molecule has 0 saturated carbocycles. The minimum atomic E-state index is -0.103. The number of halogens is 1. The molecule has 0 N–H and O–H groups in total. The Labute approximate surface area is 164 Å². The number of aryl methyl sites for hydroxylation is 1. The second-order valence-electron chi connectivity index (χ2n) is 6.70. The maximum Gasteiger partial charge on any atom is 0.255 e. The number of benzene rings is 2. The third-order valence-electron chi connectivity index (χ3n) is 4.33. The number of hydrogen-bond donors (Lipinski definition) is 0. The van der Waals surface area contributed by atoms with Crippen molar-refractivity contribution in [2.75, 3.05) is 6.54 Å². The van der Waals surface area contributed by atoms with Gasteiger partial charge in [0.2, 0.25) is 11.7 Å². The van der Waals surface area contributed by atoms with Crippen molar-refractivity contribution < 1.29 is 9.32 Å². The topological polar surface area (TPSA) is 59.2 Å². The summed E-state index contributed by atoms with van der Waals surface area (Å²) < 4.78 is 5.36. The van der Waals surface area contributed by atoms with Crippen LogP contribution in [0, 0.1) is 6.92 Å². The van der Waals surface area contributed by atoms with E-state index in [1.54, 1.807) is 17.0 Å². The summed E-state index contributed by atoms with van der Waals surface area (Å²) in [5, 5.41) is 4.50. The lowest BCUT2D eigenvalue weighted by molar-refractivity contribution is 0.0704. The van der Waals surface area contributed by atoms with Gasteiger partial charge in [-0.15, -0.1) is 0 Å². The van der Waals surface area contributed by atoms with Crippen molar-refractivity contribution in [3.05, 3.63) is 70.6 Å². The average Bonchev–Trinajstić information content (AvgIpc) is 3.11. The Morgan fingerprint density at radius 1 is 1.15 bits per heavy atom. The van der Waals surface area contributed by atoms with E-state index in [0.717, 1.165) is 5.56 Å². The van der Waals surface area contributed by atoms with Crippen LogP contribution in [0.5, 0.6) is 0 Å². The van der Waals surface area contributed by atoms with Crippen LogP contribution < -0.4 is 0 Å². The summed E-state index contributed by atoms with van der Waals surface area (Å²) in [6.07, 6.45) is 0.479. The van der Waals surface area contributed by atoms with Crippen LogP contribution in [0.25, 0.3) is 11.4 Å². The zero-order valence-corrected chi connectivity index (χ0v) is 16.4. The number of carbonyl (C=O) groups is 1. The molecule has 3 rings (SSSR count). The van der Waals surface area contributed by atoms with Crippen molar-refractivity contribution in [1.82, 2.24) is 15.0 Å². The fraction of sp³-hybridized carbons (Fsp3) is 0.286. The lowest BCUT2D eigenvalue weighted by Gasteiger charge is -2.26. The maximum absolute atomic E-state index is 12.9. The van der Waals surface area contributed by atoms with E-state index >= 15 is 0 Å². The van der Waals surface area contributed by atoms with Crippen molar-refractivity contribution in [3.63, 3.8) is 0 Å². The summed E-state index contributed by atoms with van der Waals surface area (Å²) in [6, 6.07) is 15.0. The molecule has 1 amide bonds. The first kappa shape index (κ1) is 19.1. The van der Waals surface area contributed by atoms with Gasteiger partial charge in [0, 0.05) is 24.6 Å². The zero-order valence-electron chi connectivity index (χ0n) is 15.6. The number of rotatable bonds is 6. The predicted octanol–water partition coefficient (Wildman–Crippen LogP) is 4.79. The molecule has 2 aromatic carbocycles. The molecule has 5 nitrogen and oxygen atoms in total. The van der Waals surface area contributed by atoms with Gasteiger partial charge in [-0.3, -0.25) is 4.79 Å². The van der Waals surface area contributed by atoms with Crippen LogP contribution in [0.3, 0.4) is 0 Å². The van der Waals surface area contributed by atoms with E-state index < -0.39 is 0 Å². The highest BCUT2D eigenvalue weighted by molar-refractivity contribution is 6.33. The molecule has 0 aliphatic carbocycles. The zero-order chi connectivity index (χ0) is 19.4. The summed E-state index contributed by atoms with van der Waals surface area (Å²) in [7, 11) is 0. The molecule has 0 aliphatic rings. The molecular weight excluding hydrogens is 362 g/mol. The molecule has 140 valence electrons. The molecule has 0 spiro atoms. The van der Waals surface area contributed by atoms with Crippen molar-refractivity contribution in [3.8, 4) is 11.4 Å². The number of amides is 1. The van der Waals surface area contributed by atoms with Crippen LogP contribution in [0.15, 0.2) is 53.1 Å². The van der Waals surface area contributed by atoms with Crippen molar-refractivity contribution in [1.29, 1.82) is 0 Å². The number of aromatic nitrogens is 2. The Balaban J connectivity index is 1.71. The van der Waals surface area contributed by atoms with Crippen LogP contribution in [0.2, 0.25) is 5.02 Å². The predicted molar refractivity (Wildman–Crippen MR) is 106 cm³/mol. The molecule has 3 aromatic rings.